The molecule has 0 aromatic heterocycles. The van der Waals surface area contributed by atoms with Crippen LogP contribution in [0, 0.1) is 0 Å². The van der Waals surface area contributed by atoms with Crippen molar-refractivity contribution in [1.82, 2.24) is 0 Å². The summed E-state index contributed by atoms with van der Waals surface area (Å²) < 4.78 is 10.7. The van der Waals surface area contributed by atoms with Gasteiger partial charge in [-0.05, 0) is 18.2 Å². The molecular weight excluding hydrogens is 291 g/mol. The van der Waals surface area contributed by atoms with E-state index < -0.39 is 29.7 Å². The minimum atomic E-state index is -0.649. The molecule has 0 radical (unpaired) electrons. The Morgan fingerprint density at radius 3 is 2.84 bits per heavy atom. The second-order valence-electron chi connectivity index (χ2n) is 4.59. The van der Waals surface area contributed by atoms with Crippen LogP contribution >= 0.6 is 23.2 Å². The van der Waals surface area contributed by atoms with Crippen LogP contribution in [0.3, 0.4) is 0 Å². The number of ether oxygens (including phenoxy) is 2. The summed E-state index contributed by atoms with van der Waals surface area (Å²) in [5, 5.41) is -0.161. The van der Waals surface area contributed by atoms with Gasteiger partial charge in [0.05, 0.1) is 5.56 Å². The van der Waals surface area contributed by atoms with Crippen LogP contribution in [0.25, 0.3) is 0 Å². The summed E-state index contributed by atoms with van der Waals surface area (Å²) in [6.07, 6.45) is -1.41. The maximum Gasteiger partial charge on any atom is 0.338 e. The van der Waals surface area contributed by atoms with Crippen LogP contribution in [-0.4, -0.2) is 35.4 Å². The molecule has 1 aromatic carbocycles. The predicted molar refractivity (Wildman–Crippen MR) is 68.6 cm³/mol. The largest absolute Gasteiger partial charge is 0.454 e. The van der Waals surface area contributed by atoms with Gasteiger partial charge in [-0.2, -0.15) is 0 Å². The number of hydrogen-bond acceptors (Lipinski definition) is 4. The maximum absolute atomic E-state index is 12.0. The number of alkyl halides is 1. The highest BCUT2D eigenvalue weighted by atomic mass is 35.5. The van der Waals surface area contributed by atoms with Crippen LogP contribution in [0.2, 0.25) is 5.02 Å². The molecule has 2 bridgehead atoms. The van der Waals surface area contributed by atoms with Crippen molar-refractivity contribution in [2.75, 3.05) is 0 Å². The summed E-state index contributed by atoms with van der Waals surface area (Å²) in [5.74, 6) is -0.540. The Kier molecular flexibility index (Phi) is 3.25. The van der Waals surface area contributed by atoms with E-state index in [1.54, 1.807) is 18.2 Å². The topological polar surface area (TPSA) is 52.6 Å². The van der Waals surface area contributed by atoms with Gasteiger partial charge in [0.2, 0.25) is 0 Å². The van der Waals surface area contributed by atoms with E-state index in [1.807, 2.05) is 0 Å². The Morgan fingerprint density at radius 1 is 1.42 bits per heavy atom. The number of hydrogen-bond donors (Lipinski definition) is 0. The van der Waals surface area contributed by atoms with Crippen molar-refractivity contribution >= 4 is 35.0 Å². The molecule has 4 nitrogen and oxygen atoms in total. The van der Waals surface area contributed by atoms with Gasteiger partial charge in [0, 0.05) is 11.4 Å². The zero-order valence-electron chi connectivity index (χ0n) is 9.71. The van der Waals surface area contributed by atoms with Crippen LogP contribution in [0.1, 0.15) is 16.8 Å². The molecule has 3 rings (SSSR count). The standard InChI is InChI=1S/C13H10Cl2O4/c14-7-3-1-2-6(4-7)13(17)19-12-9-5-8(16)11(18-9)10(12)15/h1-4,9-12H,5H2/t9-,10-,11+,12-/m1/s1. The van der Waals surface area contributed by atoms with E-state index in [0.717, 1.165) is 0 Å². The van der Waals surface area contributed by atoms with Crippen molar-refractivity contribution in [1.29, 1.82) is 0 Å². The zero-order chi connectivity index (χ0) is 13.6. The Bertz CT molecular complexity index is 543. The molecule has 0 spiro atoms. The van der Waals surface area contributed by atoms with Crippen molar-refractivity contribution in [3.05, 3.63) is 34.9 Å². The normalized spacial score (nSPS) is 32.6. The summed E-state index contributed by atoms with van der Waals surface area (Å²) in [6, 6.07) is 6.46. The van der Waals surface area contributed by atoms with Gasteiger partial charge in [-0.1, -0.05) is 17.7 Å². The van der Waals surface area contributed by atoms with Crippen molar-refractivity contribution < 1.29 is 19.1 Å². The molecule has 0 saturated carbocycles. The first-order chi connectivity index (χ1) is 9.06. The lowest BCUT2D eigenvalue weighted by atomic mass is 9.96. The third-order valence-electron chi connectivity index (χ3n) is 3.31. The number of rotatable bonds is 2. The number of benzene rings is 1. The SMILES string of the molecule is O=C(O[C@H]1[C@H](Cl)[C@H]2O[C@@H]1CC2=O)c1cccc(Cl)c1. The number of carbonyl (C=O) groups is 2. The second-order valence-corrected chi connectivity index (χ2v) is 5.53. The molecule has 4 atom stereocenters. The molecular formula is C13H10Cl2O4. The molecule has 100 valence electrons. The van der Waals surface area contributed by atoms with Crippen LogP contribution in [0.4, 0.5) is 0 Å². The second kappa shape index (κ2) is 4.78. The first kappa shape index (κ1) is 12.9. The minimum absolute atomic E-state index is 0.0277. The maximum atomic E-state index is 12.0. The Labute approximate surface area is 119 Å². The van der Waals surface area contributed by atoms with Crippen molar-refractivity contribution in [2.24, 2.45) is 0 Å². The summed E-state index contributed by atoms with van der Waals surface area (Å²) in [7, 11) is 0. The van der Waals surface area contributed by atoms with Crippen LogP contribution in [-0.2, 0) is 14.3 Å². The van der Waals surface area contributed by atoms with Crippen LogP contribution in [0.15, 0.2) is 24.3 Å². The Morgan fingerprint density at radius 2 is 2.21 bits per heavy atom. The van der Waals surface area contributed by atoms with E-state index >= 15 is 0 Å². The van der Waals surface area contributed by atoms with Gasteiger partial charge in [0.1, 0.15) is 23.7 Å². The van der Waals surface area contributed by atoms with E-state index in [1.165, 1.54) is 6.07 Å². The third-order valence-corrected chi connectivity index (χ3v) is 4.03. The zero-order valence-corrected chi connectivity index (χ0v) is 11.2. The molecule has 0 amide bonds. The van der Waals surface area contributed by atoms with E-state index in [4.69, 9.17) is 32.7 Å². The average molecular weight is 301 g/mol. The summed E-state index contributed by atoms with van der Waals surface area (Å²) in [5.41, 5.74) is 0.352. The quantitative estimate of drug-likeness (QED) is 0.621. The van der Waals surface area contributed by atoms with Crippen molar-refractivity contribution in [3.63, 3.8) is 0 Å². The monoisotopic (exact) mass is 300 g/mol. The Hall–Kier alpha value is -1.10. The highest BCUT2D eigenvalue weighted by molar-refractivity contribution is 6.30. The molecule has 2 fully saturated rings. The third kappa shape index (κ3) is 2.24. The number of ketones is 1. The molecule has 2 heterocycles. The number of fused-ring (bicyclic) bond motifs is 2. The van der Waals surface area contributed by atoms with Gasteiger partial charge in [0.25, 0.3) is 0 Å². The smallest absolute Gasteiger partial charge is 0.338 e. The molecule has 19 heavy (non-hydrogen) atoms. The van der Waals surface area contributed by atoms with Gasteiger partial charge in [0.15, 0.2) is 5.78 Å². The Balaban J connectivity index is 1.73. The van der Waals surface area contributed by atoms with Crippen LogP contribution < -0.4 is 0 Å². The number of halogens is 2. The fraction of sp³-hybridized carbons (Fsp3) is 0.385. The van der Waals surface area contributed by atoms with E-state index in [9.17, 15) is 9.59 Å². The lowest BCUT2D eigenvalue weighted by Crippen LogP contribution is -2.41. The lowest BCUT2D eigenvalue weighted by molar-refractivity contribution is -0.122. The molecule has 2 aliphatic heterocycles. The first-order valence-corrected chi connectivity index (χ1v) is 6.66. The molecule has 6 heteroatoms. The van der Waals surface area contributed by atoms with Gasteiger partial charge in [-0.15, -0.1) is 11.6 Å². The molecule has 2 saturated heterocycles. The van der Waals surface area contributed by atoms with Crippen LogP contribution in [0.5, 0.6) is 0 Å². The summed E-state index contributed by atoms with van der Waals surface area (Å²) in [6.45, 7) is 0. The van der Waals surface area contributed by atoms with E-state index in [-0.39, 0.29) is 12.2 Å². The molecule has 0 unspecified atom stereocenters. The summed E-state index contributed by atoms with van der Waals surface area (Å²) >= 11 is 11.9. The van der Waals surface area contributed by atoms with Gasteiger partial charge >= 0.3 is 5.97 Å². The molecule has 1 aromatic rings. The lowest BCUT2D eigenvalue weighted by Gasteiger charge is -2.22. The molecule has 0 N–H and O–H groups in total. The van der Waals surface area contributed by atoms with E-state index in [2.05, 4.69) is 0 Å². The number of Topliss-reactive ketones (excluding diaryl/α,β-unsaturated/α-hetero) is 1. The van der Waals surface area contributed by atoms with Crippen molar-refractivity contribution in [2.45, 2.75) is 30.1 Å². The van der Waals surface area contributed by atoms with Gasteiger partial charge in [-0.25, -0.2) is 4.79 Å². The minimum Gasteiger partial charge on any atom is -0.454 e. The first-order valence-electron chi connectivity index (χ1n) is 5.85. The van der Waals surface area contributed by atoms with Gasteiger partial charge < -0.3 is 9.47 Å². The molecule has 2 aliphatic rings. The van der Waals surface area contributed by atoms with Crippen molar-refractivity contribution in [3.8, 4) is 0 Å². The number of esters is 1. The average Bonchev–Trinajstić information content (AvgIpc) is 2.88. The fourth-order valence-electron chi connectivity index (χ4n) is 2.40. The molecule has 0 aliphatic carbocycles. The predicted octanol–water partition coefficient (Wildman–Crippen LogP) is 2.21. The highest BCUT2D eigenvalue weighted by Gasteiger charge is 2.55. The number of carbonyl (C=O) groups excluding carboxylic acids is 2. The van der Waals surface area contributed by atoms with Gasteiger partial charge in [-0.3, -0.25) is 4.79 Å². The summed E-state index contributed by atoms with van der Waals surface area (Å²) in [4.78, 5) is 23.4. The van der Waals surface area contributed by atoms with E-state index in [0.29, 0.717) is 10.6 Å². The highest BCUT2D eigenvalue weighted by Crippen LogP contribution is 2.37. The fourth-order valence-corrected chi connectivity index (χ4v) is 3.00.